The Morgan fingerprint density at radius 2 is 2.33 bits per heavy atom. The molecule has 5 heteroatoms. The molecule has 0 radical (unpaired) electrons. The van der Waals surface area contributed by atoms with Gasteiger partial charge in [0.05, 0.1) is 23.0 Å². The standard InChI is InChI=1S/C13H18ClN3S/c1-4-6-15-11(13-10(14)5-7-18-13)12-9(2)8-16-17(12)3/h5,7-8,11,15H,4,6H2,1-3H3. The van der Waals surface area contributed by atoms with Crippen molar-refractivity contribution in [3.05, 3.63) is 38.8 Å². The van der Waals surface area contributed by atoms with E-state index in [9.17, 15) is 0 Å². The number of aryl methyl sites for hydroxylation is 2. The van der Waals surface area contributed by atoms with Gasteiger partial charge in [-0.15, -0.1) is 11.3 Å². The predicted molar refractivity (Wildman–Crippen MR) is 77.4 cm³/mol. The fraction of sp³-hybridized carbons (Fsp3) is 0.462. The summed E-state index contributed by atoms with van der Waals surface area (Å²) in [6, 6.07) is 2.08. The van der Waals surface area contributed by atoms with Crippen LogP contribution in [0.4, 0.5) is 0 Å². The van der Waals surface area contributed by atoms with Crippen LogP contribution in [0.2, 0.25) is 5.02 Å². The van der Waals surface area contributed by atoms with Crippen molar-refractivity contribution in [2.45, 2.75) is 26.3 Å². The number of halogens is 1. The van der Waals surface area contributed by atoms with E-state index in [2.05, 4.69) is 24.3 Å². The van der Waals surface area contributed by atoms with Crippen molar-refractivity contribution in [1.29, 1.82) is 0 Å². The van der Waals surface area contributed by atoms with Crippen molar-refractivity contribution >= 4 is 22.9 Å². The van der Waals surface area contributed by atoms with E-state index in [1.807, 2.05) is 29.4 Å². The highest BCUT2D eigenvalue weighted by atomic mass is 35.5. The summed E-state index contributed by atoms with van der Waals surface area (Å²) in [6.07, 6.45) is 2.99. The van der Waals surface area contributed by atoms with Crippen molar-refractivity contribution in [2.24, 2.45) is 7.05 Å². The molecule has 2 aromatic heterocycles. The van der Waals surface area contributed by atoms with E-state index in [0.717, 1.165) is 22.9 Å². The van der Waals surface area contributed by atoms with Gasteiger partial charge in [0, 0.05) is 11.9 Å². The minimum atomic E-state index is 0.130. The Morgan fingerprint density at radius 3 is 2.83 bits per heavy atom. The van der Waals surface area contributed by atoms with Crippen molar-refractivity contribution < 1.29 is 0 Å². The molecule has 0 aromatic carbocycles. The Bertz CT molecular complexity index is 499. The topological polar surface area (TPSA) is 29.9 Å². The number of hydrogen-bond acceptors (Lipinski definition) is 3. The molecule has 3 nitrogen and oxygen atoms in total. The average Bonchev–Trinajstić information content (AvgIpc) is 2.90. The number of rotatable bonds is 5. The summed E-state index contributed by atoms with van der Waals surface area (Å²) in [7, 11) is 1.98. The molecule has 0 aliphatic heterocycles. The van der Waals surface area contributed by atoms with E-state index in [0.29, 0.717) is 0 Å². The van der Waals surface area contributed by atoms with Crippen LogP contribution in [0.5, 0.6) is 0 Å². The van der Waals surface area contributed by atoms with Crippen molar-refractivity contribution in [3.8, 4) is 0 Å². The molecule has 2 aromatic rings. The lowest BCUT2D eigenvalue weighted by Gasteiger charge is -2.19. The summed E-state index contributed by atoms with van der Waals surface area (Å²) in [5, 5.41) is 10.7. The van der Waals surface area contributed by atoms with E-state index < -0.39 is 0 Å². The first-order valence-electron chi connectivity index (χ1n) is 6.10. The van der Waals surface area contributed by atoms with Gasteiger partial charge in [0.25, 0.3) is 0 Å². The largest absolute Gasteiger partial charge is 0.304 e. The number of aromatic nitrogens is 2. The molecule has 0 fully saturated rings. The van der Waals surface area contributed by atoms with Gasteiger partial charge >= 0.3 is 0 Å². The Kier molecular flexibility index (Phi) is 4.43. The van der Waals surface area contributed by atoms with Gasteiger partial charge in [0.2, 0.25) is 0 Å². The number of nitrogens with one attached hydrogen (secondary N) is 1. The summed E-state index contributed by atoms with van der Waals surface area (Å²) in [5.74, 6) is 0. The number of thiophene rings is 1. The molecule has 0 amide bonds. The molecule has 1 atom stereocenters. The number of hydrogen-bond donors (Lipinski definition) is 1. The van der Waals surface area contributed by atoms with Gasteiger partial charge in [-0.3, -0.25) is 4.68 Å². The summed E-state index contributed by atoms with van der Waals surface area (Å²) in [4.78, 5) is 1.16. The van der Waals surface area contributed by atoms with Gasteiger partial charge in [-0.2, -0.15) is 5.10 Å². The Morgan fingerprint density at radius 1 is 1.56 bits per heavy atom. The SMILES string of the molecule is CCCNC(c1sccc1Cl)c1c(C)cnn1C. The van der Waals surface area contributed by atoms with Crippen LogP contribution in [0, 0.1) is 6.92 Å². The summed E-state index contributed by atoms with van der Waals surface area (Å²) in [6.45, 7) is 5.21. The normalized spacial score (nSPS) is 12.9. The summed E-state index contributed by atoms with van der Waals surface area (Å²) >= 11 is 7.96. The van der Waals surface area contributed by atoms with Gasteiger partial charge in [-0.25, -0.2) is 0 Å². The van der Waals surface area contributed by atoms with Crippen LogP contribution in [-0.2, 0) is 7.05 Å². The lowest BCUT2D eigenvalue weighted by Crippen LogP contribution is -2.25. The van der Waals surface area contributed by atoms with Crippen LogP contribution < -0.4 is 5.32 Å². The molecule has 0 aliphatic rings. The Balaban J connectivity index is 2.40. The highest BCUT2D eigenvalue weighted by Gasteiger charge is 2.22. The van der Waals surface area contributed by atoms with E-state index >= 15 is 0 Å². The summed E-state index contributed by atoms with van der Waals surface area (Å²) in [5.41, 5.74) is 2.38. The Hall–Kier alpha value is -0.840. The van der Waals surface area contributed by atoms with Crippen LogP contribution in [0.25, 0.3) is 0 Å². The van der Waals surface area contributed by atoms with Gasteiger partial charge in [-0.05, 0) is 36.9 Å². The maximum absolute atomic E-state index is 6.28. The van der Waals surface area contributed by atoms with Crippen molar-refractivity contribution in [1.82, 2.24) is 15.1 Å². The second-order valence-corrected chi connectivity index (χ2v) is 5.71. The molecule has 18 heavy (non-hydrogen) atoms. The van der Waals surface area contributed by atoms with E-state index in [-0.39, 0.29) is 6.04 Å². The van der Waals surface area contributed by atoms with Gasteiger partial charge in [-0.1, -0.05) is 18.5 Å². The molecular formula is C13H18ClN3S. The second-order valence-electron chi connectivity index (χ2n) is 4.36. The third kappa shape index (κ3) is 2.60. The van der Waals surface area contributed by atoms with Crippen molar-refractivity contribution in [2.75, 3.05) is 6.54 Å². The minimum Gasteiger partial charge on any atom is -0.304 e. The van der Waals surface area contributed by atoms with Gasteiger partial charge < -0.3 is 5.32 Å². The molecule has 1 unspecified atom stereocenters. The highest BCUT2D eigenvalue weighted by Crippen LogP contribution is 2.33. The molecule has 98 valence electrons. The fourth-order valence-corrected chi connectivity index (χ4v) is 3.33. The molecule has 0 bridgehead atoms. The lowest BCUT2D eigenvalue weighted by atomic mass is 10.1. The molecule has 0 spiro atoms. The first-order valence-corrected chi connectivity index (χ1v) is 7.35. The van der Waals surface area contributed by atoms with Gasteiger partial charge in [0.15, 0.2) is 0 Å². The predicted octanol–water partition coefficient (Wildman–Crippen LogP) is 3.53. The van der Waals surface area contributed by atoms with Crippen LogP contribution in [0.15, 0.2) is 17.6 Å². The lowest BCUT2D eigenvalue weighted by molar-refractivity contribution is 0.557. The van der Waals surface area contributed by atoms with Crippen LogP contribution in [0.3, 0.4) is 0 Å². The summed E-state index contributed by atoms with van der Waals surface area (Å²) < 4.78 is 1.93. The van der Waals surface area contributed by atoms with Crippen LogP contribution in [0.1, 0.15) is 35.5 Å². The zero-order valence-electron chi connectivity index (χ0n) is 10.9. The third-order valence-electron chi connectivity index (χ3n) is 2.96. The smallest absolute Gasteiger partial charge is 0.0859 e. The number of nitrogens with zero attached hydrogens (tertiary/aromatic N) is 2. The molecule has 2 rings (SSSR count). The molecular weight excluding hydrogens is 266 g/mol. The first-order chi connectivity index (χ1) is 8.65. The van der Waals surface area contributed by atoms with Crippen molar-refractivity contribution in [3.63, 3.8) is 0 Å². The zero-order valence-corrected chi connectivity index (χ0v) is 12.5. The highest BCUT2D eigenvalue weighted by molar-refractivity contribution is 7.10. The van der Waals surface area contributed by atoms with E-state index in [4.69, 9.17) is 11.6 Å². The quantitative estimate of drug-likeness (QED) is 0.910. The van der Waals surface area contributed by atoms with Gasteiger partial charge in [0.1, 0.15) is 0 Å². The second kappa shape index (κ2) is 5.87. The minimum absolute atomic E-state index is 0.130. The first kappa shape index (κ1) is 13.6. The average molecular weight is 284 g/mol. The molecule has 1 N–H and O–H groups in total. The molecule has 0 aliphatic carbocycles. The zero-order chi connectivity index (χ0) is 13.1. The maximum atomic E-state index is 6.28. The molecule has 0 saturated heterocycles. The monoisotopic (exact) mass is 283 g/mol. The molecule has 0 saturated carbocycles. The molecule has 2 heterocycles. The Labute approximate surface area is 117 Å². The fourth-order valence-electron chi connectivity index (χ4n) is 2.08. The van der Waals surface area contributed by atoms with E-state index in [1.165, 1.54) is 11.3 Å². The van der Waals surface area contributed by atoms with Crippen LogP contribution in [-0.4, -0.2) is 16.3 Å². The van der Waals surface area contributed by atoms with E-state index in [1.54, 1.807) is 11.3 Å². The van der Waals surface area contributed by atoms with Crippen LogP contribution >= 0.6 is 22.9 Å². The maximum Gasteiger partial charge on any atom is 0.0859 e. The third-order valence-corrected chi connectivity index (χ3v) is 4.38.